The molecule has 0 fully saturated rings. The number of nitrogens with zero attached hydrogens (tertiary/aromatic N) is 1. The highest BCUT2D eigenvalue weighted by atomic mass is 19.4. The van der Waals surface area contributed by atoms with E-state index in [0.717, 1.165) is 12.1 Å². The van der Waals surface area contributed by atoms with Crippen molar-refractivity contribution in [2.45, 2.75) is 19.3 Å². The molecule has 9 heteroatoms. The first kappa shape index (κ1) is 19.7. The van der Waals surface area contributed by atoms with Crippen LogP contribution >= 0.6 is 0 Å². The van der Waals surface area contributed by atoms with Crippen LogP contribution in [0.5, 0.6) is 0 Å². The predicted molar refractivity (Wildman–Crippen MR) is 91.6 cm³/mol. The zero-order chi connectivity index (χ0) is 20.7. The summed E-state index contributed by atoms with van der Waals surface area (Å²) in [6.45, 7) is 1.52. The molecule has 1 amide bonds. The summed E-state index contributed by atoms with van der Waals surface area (Å²) >= 11 is 0. The summed E-state index contributed by atoms with van der Waals surface area (Å²) in [5.41, 5.74) is 0.923. The van der Waals surface area contributed by atoms with Crippen LogP contribution in [-0.4, -0.2) is 17.1 Å². The number of aromatic nitrogens is 1. The van der Waals surface area contributed by atoms with E-state index >= 15 is 0 Å². The van der Waals surface area contributed by atoms with Crippen LogP contribution in [0.4, 0.5) is 32.0 Å². The lowest BCUT2D eigenvalue weighted by atomic mass is 10.0. The molecule has 28 heavy (non-hydrogen) atoms. The minimum Gasteiger partial charge on any atom is -0.318 e. The van der Waals surface area contributed by atoms with Crippen molar-refractivity contribution in [3.8, 4) is 11.3 Å². The van der Waals surface area contributed by atoms with E-state index in [0.29, 0.717) is 27.7 Å². The van der Waals surface area contributed by atoms with Gasteiger partial charge in [0.25, 0.3) is 0 Å². The van der Waals surface area contributed by atoms with E-state index in [1.807, 2.05) is 0 Å². The molecule has 3 rings (SSSR count). The Morgan fingerprint density at radius 3 is 2.25 bits per heavy atom. The number of pyridine rings is 1. The Hall–Kier alpha value is -3.10. The smallest absolute Gasteiger partial charge is 0.318 e. The van der Waals surface area contributed by atoms with Crippen molar-refractivity contribution in [2.75, 3.05) is 5.32 Å². The van der Waals surface area contributed by atoms with Crippen LogP contribution in [0.2, 0.25) is 0 Å². The fourth-order valence-corrected chi connectivity index (χ4v) is 2.62. The van der Waals surface area contributed by atoms with Crippen molar-refractivity contribution in [2.24, 2.45) is 0 Å². The van der Waals surface area contributed by atoms with Gasteiger partial charge in [-0.25, -0.2) is 4.98 Å². The van der Waals surface area contributed by atoms with Crippen LogP contribution in [0.3, 0.4) is 0 Å². The predicted octanol–water partition coefficient (Wildman–Crippen LogP) is 5.73. The average molecular weight is 398 g/mol. The molecule has 0 aliphatic carbocycles. The third kappa shape index (κ3) is 4.08. The van der Waals surface area contributed by atoms with Crippen molar-refractivity contribution >= 4 is 22.5 Å². The summed E-state index contributed by atoms with van der Waals surface area (Å²) in [6, 6.07) is 10.5. The Morgan fingerprint density at radius 2 is 1.64 bits per heavy atom. The summed E-state index contributed by atoms with van der Waals surface area (Å²) in [6.07, 6.45) is -9.46. The van der Waals surface area contributed by atoms with Gasteiger partial charge in [0.2, 0.25) is 0 Å². The normalized spacial score (nSPS) is 12.2. The van der Waals surface area contributed by atoms with E-state index in [-0.39, 0.29) is 5.69 Å². The molecule has 1 heterocycles. The Bertz CT molecular complexity index is 1060. The highest BCUT2D eigenvalue weighted by molar-refractivity contribution is 5.95. The fourth-order valence-electron chi connectivity index (χ4n) is 2.62. The monoisotopic (exact) mass is 398 g/mol. The molecule has 0 saturated carbocycles. The molecule has 3 nitrogen and oxygen atoms in total. The lowest BCUT2D eigenvalue weighted by Crippen LogP contribution is -2.30. The minimum absolute atomic E-state index is 0.00156. The first-order valence-electron chi connectivity index (χ1n) is 7.92. The number of hydrogen-bond acceptors (Lipinski definition) is 2. The van der Waals surface area contributed by atoms with Gasteiger partial charge in [-0.3, -0.25) is 4.79 Å². The second kappa shape index (κ2) is 6.81. The lowest BCUT2D eigenvalue weighted by molar-refractivity contribution is -0.167. The van der Waals surface area contributed by atoms with Crippen LogP contribution < -0.4 is 5.32 Å². The van der Waals surface area contributed by atoms with Gasteiger partial charge in [-0.15, -0.1) is 0 Å². The van der Waals surface area contributed by atoms with Gasteiger partial charge >= 0.3 is 18.3 Å². The zero-order valence-electron chi connectivity index (χ0n) is 14.2. The molecule has 3 aromatic rings. The van der Waals surface area contributed by atoms with Gasteiger partial charge in [-0.1, -0.05) is 12.1 Å². The van der Waals surface area contributed by atoms with E-state index < -0.39 is 23.8 Å². The molecule has 0 aliphatic rings. The number of halogens is 6. The molecule has 0 radical (unpaired) electrons. The molecule has 0 atom stereocenters. The first-order valence-corrected chi connectivity index (χ1v) is 7.92. The second-order valence-corrected chi connectivity index (χ2v) is 6.08. The summed E-state index contributed by atoms with van der Waals surface area (Å²) in [5.74, 6) is -2.08. The average Bonchev–Trinajstić information content (AvgIpc) is 2.60. The third-order valence-corrected chi connectivity index (χ3v) is 4.04. The SMILES string of the molecule is Cc1cc(-c2ccc3cc(C(F)(F)F)ccc3n2)ccc1NC(=O)C(F)(F)F. The number of carbonyl (C=O) groups excluding carboxylic acids is 1. The number of rotatable bonds is 2. The van der Waals surface area contributed by atoms with Gasteiger partial charge < -0.3 is 5.32 Å². The van der Waals surface area contributed by atoms with E-state index in [9.17, 15) is 31.1 Å². The maximum absolute atomic E-state index is 12.8. The number of amides is 1. The molecular formula is C19H12F6N2O. The highest BCUT2D eigenvalue weighted by Gasteiger charge is 2.38. The maximum atomic E-state index is 12.8. The molecule has 0 unspecified atom stereocenters. The maximum Gasteiger partial charge on any atom is 0.471 e. The Labute approximate surface area is 155 Å². The quantitative estimate of drug-likeness (QED) is 0.560. The second-order valence-electron chi connectivity index (χ2n) is 6.08. The largest absolute Gasteiger partial charge is 0.471 e. The summed E-state index contributed by atoms with van der Waals surface area (Å²) in [7, 11) is 0. The van der Waals surface area contributed by atoms with Crippen LogP contribution in [0.15, 0.2) is 48.5 Å². The van der Waals surface area contributed by atoms with Gasteiger partial charge in [-0.05, 0) is 48.9 Å². The van der Waals surface area contributed by atoms with Crippen LogP contribution in [0, 0.1) is 6.92 Å². The molecule has 1 N–H and O–H groups in total. The van der Waals surface area contributed by atoms with Gasteiger partial charge in [0, 0.05) is 16.6 Å². The molecular weight excluding hydrogens is 386 g/mol. The molecule has 2 aromatic carbocycles. The summed E-state index contributed by atoms with van der Waals surface area (Å²) in [4.78, 5) is 15.4. The minimum atomic E-state index is -5.00. The third-order valence-electron chi connectivity index (χ3n) is 4.04. The van der Waals surface area contributed by atoms with Gasteiger partial charge in [0.15, 0.2) is 0 Å². The Kier molecular flexibility index (Phi) is 4.78. The van der Waals surface area contributed by atoms with Crippen LogP contribution in [0.1, 0.15) is 11.1 Å². The van der Waals surface area contributed by atoms with Gasteiger partial charge in [-0.2, -0.15) is 26.3 Å². The lowest BCUT2D eigenvalue weighted by Gasteiger charge is -2.12. The Morgan fingerprint density at radius 1 is 0.929 bits per heavy atom. The van der Waals surface area contributed by atoms with Crippen molar-refractivity contribution in [1.82, 2.24) is 4.98 Å². The number of benzene rings is 2. The number of nitrogens with one attached hydrogen (secondary N) is 1. The number of carbonyl (C=O) groups is 1. The number of aryl methyl sites for hydroxylation is 1. The van der Waals surface area contributed by atoms with Gasteiger partial charge in [0.1, 0.15) is 0 Å². The zero-order valence-corrected chi connectivity index (χ0v) is 14.2. The number of hydrogen-bond donors (Lipinski definition) is 1. The highest BCUT2D eigenvalue weighted by Crippen LogP contribution is 2.32. The summed E-state index contributed by atoms with van der Waals surface area (Å²) < 4.78 is 75.5. The van der Waals surface area contributed by atoms with E-state index in [1.54, 1.807) is 5.32 Å². The molecule has 146 valence electrons. The van der Waals surface area contributed by atoms with Crippen molar-refractivity contribution in [1.29, 1.82) is 0 Å². The first-order chi connectivity index (χ1) is 12.9. The molecule has 0 bridgehead atoms. The standard InChI is InChI=1S/C19H12F6N2O/c1-10-8-11(2-5-14(10)27-17(28)19(23,24)25)15-6-3-12-9-13(18(20,21)22)4-7-16(12)26-15/h2-9H,1H3,(H,27,28). The van der Waals surface area contributed by atoms with Crippen molar-refractivity contribution in [3.05, 3.63) is 59.7 Å². The Balaban J connectivity index is 1.92. The van der Waals surface area contributed by atoms with Crippen LogP contribution in [-0.2, 0) is 11.0 Å². The molecule has 1 aromatic heterocycles. The van der Waals surface area contributed by atoms with E-state index in [1.165, 1.54) is 43.3 Å². The van der Waals surface area contributed by atoms with E-state index in [4.69, 9.17) is 0 Å². The summed E-state index contributed by atoms with van der Waals surface area (Å²) in [5, 5.41) is 2.10. The van der Waals surface area contributed by atoms with Crippen molar-refractivity contribution in [3.63, 3.8) is 0 Å². The number of alkyl halides is 6. The molecule has 0 saturated heterocycles. The van der Waals surface area contributed by atoms with E-state index in [2.05, 4.69) is 4.98 Å². The van der Waals surface area contributed by atoms with Crippen LogP contribution in [0.25, 0.3) is 22.2 Å². The molecule has 0 aliphatic heterocycles. The van der Waals surface area contributed by atoms with Crippen molar-refractivity contribution < 1.29 is 31.1 Å². The number of fused-ring (bicyclic) bond motifs is 1. The topological polar surface area (TPSA) is 42.0 Å². The fraction of sp³-hybridized carbons (Fsp3) is 0.158. The van der Waals surface area contributed by atoms with Gasteiger partial charge in [0.05, 0.1) is 16.8 Å². The number of anilines is 1. The molecule has 0 spiro atoms.